The summed E-state index contributed by atoms with van der Waals surface area (Å²) in [4.78, 5) is 3.33. The summed E-state index contributed by atoms with van der Waals surface area (Å²) >= 11 is 1.71. The average molecular weight is 388 g/mol. The largest absolute Gasteiger partial charge is 0.508 e. The van der Waals surface area contributed by atoms with Gasteiger partial charge in [-0.1, -0.05) is 26.0 Å². The van der Waals surface area contributed by atoms with Crippen LogP contribution in [0.5, 0.6) is 17.2 Å². The zero-order valence-electron chi connectivity index (χ0n) is 16.5. The Kier molecular flexibility index (Phi) is 6.55. The Labute approximate surface area is 166 Å². The van der Waals surface area contributed by atoms with Crippen LogP contribution in [0, 0.1) is 5.92 Å². The molecule has 3 rings (SSSR count). The summed E-state index contributed by atoms with van der Waals surface area (Å²) in [7, 11) is 2.15. The average Bonchev–Trinajstić information content (AvgIpc) is 2.65. The Bertz CT molecular complexity index is 748. The molecule has 0 saturated heterocycles. The summed E-state index contributed by atoms with van der Waals surface area (Å²) in [5.74, 6) is 3.47. The zero-order chi connectivity index (χ0) is 19.4. The third-order valence-corrected chi connectivity index (χ3v) is 5.83. The molecule has 0 radical (unpaired) electrons. The standard InChI is InChI=1S/C22H29NO3S/c1-15(2)12-23(4)16(3)13-25-19-8-5-17(6-9-19)21-14-27-22-11-18(24)7-10-20(22)26-21/h5-11,15-16,21,24H,12-14H2,1-4H3/t16?,21-/m1/s1. The predicted molar refractivity (Wildman–Crippen MR) is 111 cm³/mol. The van der Waals surface area contributed by atoms with Crippen LogP contribution in [-0.2, 0) is 0 Å². The molecule has 2 atom stereocenters. The van der Waals surface area contributed by atoms with Crippen LogP contribution in [0.1, 0.15) is 32.4 Å². The SMILES string of the molecule is CC(C)CN(C)C(C)COc1ccc([C@H]2CSc3cc(O)ccc3O2)cc1. The van der Waals surface area contributed by atoms with Gasteiger partial charge in [-0.15, -0.1) is 11.8 Å². The summed E-state index contributed by atoms with van der Waals surface area (Å²) in [5, 5.41) is 9.58. The summed E-state index contributed by atoms with van der Waals surface area (Å²) in [5.41, 5.74) is 1.14. The molecule has 1 aliphatic heterocycles. The number of benzene rings is 2. The quantitative estimate of drug-likeness (QED) is 0.726. The van der Waals surface area contributed by atoms with E-state index in [9.17, 15) is 5.11 Å². The molecule has 1 unspecified atom stereocenters. The lowest BCUT2D eigenvalue weighted by atomic mass is 10.1. The van der Waals surface area contributed by atoms with Gasteiger partial charge in [0.2, 0.25) is 0 Å². The molecule has 0 spiro atoms. The maximum Gasteiger partial charge on any atom is 0.134 e. The van der Waals surface area contributed by atoms with Gasteiger partial charge in [0, 0.05) is 18.3 Å². The lowest BCUT2D eigenvalue weighted by Crippen LogP contribution is -2.36. The maximum absolute atomic E-state index is 9.58. The van der Waals surface area contributed by atoms with Crippen LogP contribution in [0.2, 0.25) is 0 Å². The molecule has 0 amide bonds. The number of aromatic hydroxyl groups is 1. The number of thioether (sulfide) groups is 1. The van der Waals surface area contributed by atoms with E-state index in [4.69, 9.17) is 9.47 Å². The second kappa shape index (κ2) is 8.89. The van der Waals surface area contributed by atoms with Crippen molar-refractivity contribution in [3.63, 3.8) is 0 Å². The first-order valence-corrected chi connectivity index (χ1v) is 10.5. The Hall–Kier alpha value is -1.85. The van der Waals surface area contributed by atoms with Gasteiger partial charge in [0.05, 0.1) is 4.90 Å². The molecule has 0 fully saturated rings. The molecule has 0 bridgehead atoms. The van der Waals surface area contributed by atoms with Crippen LogP contribution in [0.4, 0.5) is 0 Å². The minimum atomic E-state index is 0.0113. The number of ether oxygens (including phenoxy) is 2. The van der Waals surface area contributed by atoms with Crippen molar-refractivity contribution in [2.45, 2.75) is 37.8 Å². The monoisotopic (exact) mass is 387 g/mol. The molecule has 1 N–H and O–H groups in total. The van der Waals surface area contributed by atoms with E-state index in [1.807, 2.05) is 18.2 Å². The molecule has 2 aromatic carbocycles. The van der Waals surface area contributed by atoms with Crippen LogP contribution >= 0.6 is 11.8 Å². The molecule has 5 heteroatoms. The van der Waals surface area contributed by atoms with Crippen LogP contribution in [0.25, 0.3) is 0 Å². The van der Waals surface area contributed by atoms with E-state index >= 15 is 0 Å². The molecule has 1 aliphatic rings. The summed E-state index contributed by atoms with van der Waals surface area (Å²) in [6.07, 6.45) is 0.0113. The van der Waals surface area contributed by atoms with E-state index in [0.29, 0.717) is 18.6 Å². The Morgan fingerprint density at radius 2 is 1.93 bits per heavy atom. The second-order valence-corrected chi connectivity index (χ2v) is 8.67. The first kappa shape index (κ1) is 19.9. The summed E-state index contributed by atoms with van der Waals surface area (Å²) in [6, 6.07) is 13.8. The lowest BCUT2D eigenvalue weighted by molar-refractivity contribution is 0.160. The van der Waals surface area contributed by atoms with Crippen molar-refractivity contribution in [1.29, 1.82) is 0 Å². The Morgan fingerprint density at radius 3 is 2.63 bits per heavy atom. The Balaban J connectivity index is 1.55. The molecule has 4 nitrogen and oxygen atoms in total. The fourth-order valence-electron chi connectivity index (χ4n) is 3.10. The molecule has 146 valence electrons. The van der Waals surface area contributed by atoms with Crippen molar-refractivity contribution in [2.75, 3.05) is 26.0 Å². The van der Waals surface area contributed by atoms with Gasteiger partial charge in [0.1, 0.15) is 30.0 Å². The molecule has 2 aromatic rings. The highest BCUT2D eigenvalue weighted by Crippen LogP contribution is 2.42. The minimum absolute atomic E-state index is 0.0113. The van der Waals surface area contributed by atoms with Gasteiger partial charge >= 0.3 is 0 Å². The van der Waals surface area contributed by atoms with Gasteiger partial charge in [0.25, 0.3) is 0 Å². The van der Waals surface area contributed by atoms with E-state index < -0.39 is 0 Å². The van der Waals surface area contributed by atoms with Crippen LogP contribution in [-0.4, -0.2) is 42.0 Å². The van der Waals surface area contributed by atoms with E-state index in [1.54, 1.807) is 23.9 Å². The van der Waals surface area contributed by atoms with Gasteiger partial charge < -0.3 is 19.5 Å². The number of rotatable bonds is 7. The van der Waals surface area contributed by atoms with Gasteiger partial charge in [-0.05, 0) is 55.8 Å². The Morgan fingerprint density at radius 1 is 1.19 bits per heavy atom. The number of hydrogen-bond acceptors (Lipinski definition) is 5. The number of hydrogen-bond donors (Lipinski definition) is 1. The molecular formula is C22H29NO3S. The number of phenols is 1. The van der Waals surface area contributed by atoms with Crippen molar-refractivity contribution >= 4 is 11.8 Å². The van der Waals surface area contributed by atoms with Gasteiger partial charge in [-0.2, -0.15) is 0 Å². The van der Waals surface area contributed by atoms with E-state index in [0.717, 1.165) is 34.3 Å². The summed E-state index contributed by atoms with van der Waals surface area (Å²) in [6.45, 7) is 8.40. The topological polar surface area (TPSA) is 41.9 Å². The first-order valence-electron chi connectivity index (χ1n) is 9.48. The highest BCUT2D eigenvalue weighted by atomic mass is 32.2. The van der Waals surface area contributed by atoms with Gasteiger partial charge in [-0.3, -0.25) is 0 Å². The van der Waals surface area contributed by atoms with Crippen molar-refractivity contribution in [1.82, 2.24) is 4.90 Å². The molecular weight excluding hydrogens is 358 g/mol. The van der Waals surface area contributed by atoms with Crippen molar-refractivity contribution in [3.8, 4) is 17.2 Å². The number of phenolic OH excluding ortho intramolecular Hbond substituents is 1. The van der Waals surface area contributed by atoms with Crippen molar-refractivity contribution < 1.29 is 14.6 Å². The molecule has 0 saturated carbocycles. The van der Waals surface area contributed by atoms with Crippen molar-refractivity contribution in [3.05, 3.63) is 48.0 Å². The van der Waals surface area contributed by atoms with E-state index in [1.165, 1.54) is 0 Å². The third-order valence-electron chi connectivity index (χ3n) is 4.74. The lowest BCUT2D eigenvalue weighted by Gasteiger charge is -2.27. The number of fused-ring (bicyclic) bond motifs is 1. The second-order valence-electron chi connectivity index (χ2n) is 7.61. The van der Waals surface area contributed by atoms with Crippen LogP contribution in [0.15, 0.2) is 47.4 Å². The molecule has 27 heavy (non-hydrogen) atoms. The van der Waals surface area contributed by atoms with Gasteiger partial charge in [-0.25, -0.2) is 0 Å². The van der Waals surface area contributed by atoms with Crippen LogP contribution < -0.4 is 9.47 Å². The third kappa shape index (κ3) is 5.33. The predicted octanol–water partition coefficient (Wildman–Crippen LogP) is 4.97. The fourth-order valence-corrected chi connectivity index (χ4v) is 4.16. The number of likely N-dealkylation sites (N-methyl/N-ethyl adjacent to an activating group) is 1. The fraction of sp³-hybridized carbons (Fsp3) is 0.455. The maximum atomic E-state index is 9.58. The van der Waals surface area contributed by atoms with E-state index in [-0.39, 0.29) is 11.9 Å². The van der Waals surface area contributed by atoms with Crippen LogP contribution in [0.3, 0.4) is 0 Å². The molecule has 0 aromatic heterocycles. The highest BCUT2D eigenvalue weighted by Gasteiger charge is 2.22. The summed E-state index contributed by atoms with van der Waals surface area (Å²) < 4.78 is 12.1. The van der Waals surface area contributed by atoms with Crippen molar-refractivity contribution in [2.24, 2.45) is 5.92 Å². The van der Waals surface area contributed by atoms with E-state index in [2.05, 4.69) is 44.9 Å². The van der Waals surface area contributed by atoms with Gasteiger partial charge in [0.15, 0.2) is 0 Å². The highest BCUT2D eigenvalue weighted by molar-refractivity contribution is 7.99. The number of nitrogens with zero attached hydrogens (tertiary/aromatic N) is 1. The normalized spacial score (nSPS) is 17.5. The molecule has 1 heterocycles. The zero-order valence-corrected chi connectivity index (χ0v) is 17.3. The first-order chi connectivity index (χ1) is 12.9. The molecule has 0 aliphatic carbocycles. The minimum Gasteiger partial charge on any atom is -0.508 e. The smallest absolute Gasteiger partial charge is 0.134 e.